The molecule has 1 aromatic rings. The van der Waals surface area contributed by atoms with E-state index < -0.39 is 0 Å². The fraction of sp³-hybridized carbons (Fsp3) is 0.182. The zero-order valence-corrected chi connectivity index (χ0v) is 11.9. The van der Waals surface area contributed by atoms with Gasteiger partial charge in [0.25, 0.3) is 5.91 Å². The zero-order valence-electron chi connectivity index (χ0n) is 8.80. The molecular weight excluding hydrogens is 329 g/mol. The quantitative estimate of drug-likeness (QED) is 0.893. The van der Waals surface area contributed by atoms with Gasteiger partial charge in [0.05, 0.1) is 5.02 Å². The lowest BCUT2D eigenvalue weighted by atomic mass is 10.3. The number of rotatable bonds is 5. The summed E-state index contributed by atoms with van der Waals surface area (Å²) in [7, 11) is 0. The third-order valence-electron chi connectivity index (χ3n) is 1.73. The summed E-state index contributed by atoms with van der Waals surface area (Å²) < 4.78 is 5.92. The molecule has 0 bridgehead atoms. The molecule has 0 saturated carbocycles. The molecule has 6 heteroatoms. The maximum atomic E-state index is 11.3. The number of nitrogens with one attached hydrogen (secondary N) is 1. The smallest absolute Gasteiger partial charge is 0.258 e. The van der Waals surface area contributed by atoms with Gasteiger partial charge in [-0.2, -0.15) is 0 Å². The molecule has 1 N–H and O–H groups in total. The van der Waals surface area contributed by atoms with E-state index >= 15 is 0 Å². The number of hydrogen-bond acceptors (Lipinski definition) is 2. The Labute approximate surface area is 118 Å². The molecule has 0 spiro atoms. The second-order valence-electron chi connectivity index (χ2n) is 3.16. The first kappa shape index (κ1) is 14.4. The maximum Gasteiger partial charge on any atom is 0.258 e. The molecule has 0 aliphatic heterocycles. The lowest BCUT2D eigenvalue weighted by molar-refractivity contribution is -0.122. The van der Waals surface area contributed by atoms with Crippen LogP contribution in [0.2, 0.25) is 10.0 Å². The van der Waals surface area contributed by atoms with E-state index in [9.17, 15) is 4.79 Å². The molecule has 0 radical (unpaired) electrons. The van der Waals surface area contributed by atoms with Gasteiger partial charge in [0, 0.05) is 22.1 Å². The van der Waals surface area contributed by atoms with Crippen molar-refractivity contribution in [2.24, 2.45) is 0 Å². The van der Waals surface area contributed by atoms with Gasteiger partial charge in [-0.05, 0) is 12.1 Å². The Morgan fingerprint density at radius 3 is 2.82 bits per heavy atom. The Kier molecular flexibility index (Phi) is 5.82. The van der Waals surface area contributed by atoms with Crippen LogP contribution in [0.25, 0.3) is 0 Å². The molecule has 0 aliphatic carbocycles. The molecule has 17 heavy (non-hydrogen) atoms. The molecule has 1 aromatic carbocycles. The summed E-state index contributed by atoms with van der Waals surface area (Å²) in [6.45, 7) is 3.82. The Balaban J connectivity index is 2.47. The Morgan fingerprint density at radius 1 is 1.47 bits per heavy atom. The zero-order chi connectivity index (χ0) is 12.8. The van der Waals surface area contributed by atoms with Crippen LogP contribution in [0.4, 0.5) is 0 Å². The van der Waals surface area contributed by atoms with E-state index in [4.69, 9.17) is 27.9 Å². The standard InChI is InChI=1S/C11H10BrCl2NO2/c1-7(12)5-15-11(16)6-17-10-4-8(13)2-3-9(10)14/h2-4H,1,5-6H2,(H,15,16). The largest absolute Gasteiger partial charge is 0.482 e. The van der Waals surface area contributed by atoms with Crippen molar-refractivity contribution in [3.05, 3.63) is 39.3 Å². The molecule has 1 amide bonds. The predicted molar refractivity (Wildman–Crippen MR) is 73.0 cm³/mol. The first-order chi connectivity index (χ1) is 7.99. The third kappa shape index (κ3) is 5.44. The van der Waals surface area contributed by atoms with Gasteiger partial charge in [-0.1, -0.05) is 45.7 Å². The molecule has 0 atom stereocenters. The number of halogens is 3. The second-order valence-corrected chi connectivity index (χ2v) is 5.12. The highest BCUT2D eigenvalue weighted by molar-refractivity contribution is 9.11. The monoisotopic (exact) mass is 337 g/mol. The van der Waals surface area contributed by atoms with Crippen molar-refractivity contribution in [2.45, 2.75) is 0 Å². The van der Waals surface area contributed by atoms with E-state index in [1.165, 1.54) is 0 Å². The molecule has 3 nitrogen and oxygen atoms in total. The number of amides is 1. The fourth-order valence-electron chi connectivity index (χ4n) is 0.977. The highest BCUT2D eigenvalue weighted by Gasteiger charge is 2.06. The van der Waals surface area contributed by atoms with E-state index in [-0.39, 0.29) is 12.5 Å². The van der Waals surface area contributed by atoms with Crippen molar-refractivity contribution in [3.63, 3.8) is 0 Å². The molecule has 0 saturated heterocycles. The summed E-state index contributed by atoms with van der Waals surface area (Å²) in [5.74, 6) is 0.119. The summed E-state index contributed by atoms with van der Waals surface area (Å²) in [5.41, 5.74) is 0. The summed E-state index contributed by atoms with van der Waals surface area (Å²) in [6, 6.07) is 4.81. The highest BCUT2D eigenvalue weighted by atomic mass is 79.9. The van der Waals surface area contributed by atoms with E-state index in [0.29, 0.717) is 26.8 Å². The SMILES string of the molecule is C=C(Br)CNC(=O)COc1cc(Cl)ccc1Cl. The topological polar surface area (TPSA) is 38.3 Å². The Bertz CT molecular complexity index is 437. The van der Waals surface area contributed by atoms with Crippen LogP contribution in [0, 0.1) is 0 Å². The molecule has 0 aliphatic rings. The van der Waals surface area contributed by atoms with Crippen LogP contribution in [-0.4, -0.2) is 19.1 Å². The molecular formula is C11H10BrCl2NO2. The van der Waals surface area contributed by atoms with Gasteiger partial charge < -0.3 is 10.1 Å². The van der Waals surface area contributed by atoms with Crippen LogP contribution in [0.5, 0.6) is 5.75 Å². The first-order valence-electron chi connectivity index (χ1n) is 4.67. The number of benzene rings is 1. The molecule has 0 heterocycles. The molecule has 0 aromatic heterocycles. The van der Waals surface area contributed by atoms with Gasteiger partial charge >= 0.3 is 0 Å². The maximum absolute atomic E-state index is 11.3. The Hall–Kier alpha value is -0.710. The molecule has 0 unspecified atom stereocenters. The average molecular weight is 339 g/mol. The Morgan fingerprint density at radius 2 is 2.18 bits per heavy atom. The van der Waals surface area contributed by atoms with Crippen molar-refractivity contribution < 1.29 is 9.53 Å². The number of carbonyl (C=O) groups is 1. The average Bonchev–Trinajstić information content (AvgIpc) is 2.27. The van der Waals surface area contributed by atoms with Crippen molar-refractivity contribution in [2.75, 3.05) is 13.2 Å². The number of carbonyl (C=O) groups excluding carboxylic acids is 1. The van der Waals surface area contributed by atoms with Gasteiger partial charge in [-0.3, -0.25) is 4.79 Å². The van der Waals surface area contributed by atoms with Crippen LogP contribution < -0.4 is 10.1 Å². The third-order valence-corrected chi connectivity index (χ3v) is 2.56. The molecule has 92 valence electrons. The summed E-state index contributed by atoms with van der Waals surface area (Å²) >= 11 is 14.8. The van der Waals surface area contributed by atoms with Crippen LogP contribution in [0.15, 0.2) is 29.3 Å². The normalized spacial score (nSPS) is 9.82. The number of hydrogen-bond donors (Lipinski definition) is 1. The molecule has 0 fully saturated rings. The number of ether oxygens (including phenoxy) is 1. The van der Waals surface area contributed by atoms with E-state index in [0.717, 1.165) is 0 Å². The van der Waals surface area contributed by atoms with E-state index in [1.54, 1.807) is 18.2 Å². The van der Waals surface area contributed by atoms with Crippen molar-refractivity contribution in [3.8, 4) is 5.75 Å². The summed E-state index contributed by atoms with van der Waals surface area (Å²) in [5, 5.41) is 3.51. The van der Waals surface area contributed by atoms with Gasteiger partial charge in [-0.25, -0.2) is 0 Å². The van der Waals surface area contributed by atoms with E-state index in [1.807, 2.05) is 0 Å². The van der Waals surface area contributed by atoms with Crippen LogP contribution in [-0.2, 0) is 4.79 Å². The van der Waals surface area contributed by atoms with Crippen molar-refractivity contribution in [1.29, 1.82) is 0 Å². The van der Waals surface area contributed by atoms with Crippen molar-refractivity contribution >= 4 is 45.0 Å². The minimum Gasteiger partial charge on any atom is -0.482 e. The lowest BCUT2D eigenvalue weighted by Gasteiger charge is -2.08. The van der Waals surface area contributed by atoms with Crippen LogP contribution >= 0.6 is 39.1 Å². The molecule has 1 rings (SSSR count). The van der Waals surface area contributed by atoms with Crippen LogP contribution in [0.3, 0.4) is 0 Å². The highest BCUT2D eigenvalue weighted by Crippen LogP contribution is 2.27. The lowest BCUT2D eigenvalue weighted by Crippen LogP contribution is -2.29. The first-order valence-corrected chi connectivity index (χ1v) is 6.22. The van der Waals surface area contributed by atoms with Gasteiger partial charge in [0.1, 0.15) is 5.75 Å². The summed E-state index contributed by atoms with van der Waals surface area (Å²) in [6.07, 6.45) is 0. The predicted octanol–water partition coefficient (Wildman–Crippen LogP) is 3.40. The minimum absolute atomic E-state index is 0.125. The van der Waals surface area contributed by atoms with Gasteiger partial charge in [-0.15, -0.1) is 0 Å². The minimum atomic E-state index is -0.262. The van der Waals surface area contributed by atoms with E-state index in [2.05, 4.69) is 27.8 Å². The fourth-order valence-corrected chi connectivity index (χ4v) is 1.45. The van der Waals surface area contributed by atoms with Gasteiger partial charge in [0.15, 0.2) is 6.61 Å². The van der Waals surface area contributed by atoms with Crippen molar-refractivity contribution in [1.82, 2.24) is 5.32 Å². The second kappa shape index (κ2) is 6.89. The van der Waals surface area contributed by atoms with Gasteiger partial charge in [0.2, 0.25) is 0 Å². The van der Waals surface area contributed by atoms with Crippen LogP contribution in [0.1, 0.15) is 0 Å². The summed E-state index contributed by atoms with van der Waals surface area (Å²) in [4.78, 5) is 11.3.